The van der Waals surface area contributed by atoms with Crippen LogP contribution in [-0.2, 0) is 12.6 Å². The van der Waals surface area contributed by atoms with E-state index in [1.54, 1.807) is 18.3 Å². The Kier molecular flexibility index (Phi) is 5.62. The number of halogens is 3. The molecule has 0 aliphatic heterocycles. The standard InChI is InChI=1S/C19H20F3N5O/c1-3-14(4-2)24-17-8-13(19(20,21)22)9-18-25-16(26-27(17)18)10-15(28)12-6-5-7-23-11-12/h5-9,11,14,24H,3-4,10H2,1-2H3. The van der Waals surface area contributed by atoms with Crippen LogP contribution < -0.4 is 5.32 Å². The Morgan fingerprint density at radius 2 is 2.00 bits per heavy atom. The average Bonchev–Trinajstić information content (AvgIpc) is 3.08. The van der Waals surface area contributed by atoms with Gasteiger partial charge in [0.05, 0.1) is 12.0 Å². The van der Waals surface area contributed by atoms with Crippen LogP contribution in [0.5, 0.6) is 0 Å². The van der Waals surface area contributed by atoms with Gasteiger partial charge in [-0.3, -0.25) is 9.78 Å². The second kappa shape index (κ2) is 7.95. The fraction of sp³-hybridized carbons (Fsp3) is 0.368. The van der Waals surface area contributed by atoms with Crippen molar-refractivity contribution in [3.8, 4) is 0 Å². The van der Waals surface area contributed by atoms with Gasteiger partial charge in [-0.05, 0) is 37.1 Å². The highest BCUT2D eigenvalue weighted by atomic mass is 19.4. The normalized spacial score (nSPS) is 11.9. The zero-order valence-electron chi connectivity index (χ0n) is 15.5. The summed E-state index contributed by atoms with van der Waals surface area (Å²) in [6.45, 7) is 3.90. The fourth-order valence-electron chi connectivity index (χ4n) is 2.85. The zero-order valence-corrected chi connectivity index (χ0v) is 15.5. The lowest BCUT2D eigenvalue weighted by atomic mass is 10.1. The van der Waals surface area contributed by atoms with E-state index in [1.807, 2.05) is 13.8 Å². The van der Waals surface area contributed by atoms with Gasteiger partial charge >= 0.3 is 6.18 Å². The molecule has 3 aromatic rings. The summed E-state index contributed by atoms with van der Waals surface area (Å²) in [6.07, 6.45) is -0.165. The van der Waals surface area contributed by atoms with Crippen molar-refractivity contribution in [1.82, 2.24) is 19.6 Å². The van der Waals surface area contributed by atoms with Gasteiger partial charge in [-0.1, -0.05) is 13.8 Å². The molecule has 0 radical (unpaired) electrons. The van der Waals surface area contributed by atoms with Crippen molar-refractivity contribution in [3.05, 3.63) is 53.6 Å². The number of alkyl halides is 3. The molecule has 0 fully saturated rings. The predicted octanol–water partition coefficient (Wildman–Crippen LogP) is 4.17. The van der Waals surface area contributed by atoms with Gasteiger partial charge in [-0.25, -0.2) is 4.98 Å². The van der Waals surface area contributed by atoms with Gasteiger partial charge in [-0.15, -0.1) is 5.10 Å². The van der Waals surface area contributed by atoms with Crippen LogP contribution in [0.4, 0.5) is 19.0 Å². The first-order valence-electron chi connectivity index (χ1n) is 8.98. The molecule has 148 valence electrons. The summed E-state index contributed by atoms with van der Waals surface area (Å²) >= 11 is 0. The van der Waals surface area contributed by atoms with E-state index in [1.165, 1.54) is 10.7 Å². The highest BCUT2D eigenvalue weighted by Crippen LogP contribution is 2.32. The molecule has 0 spiro atoms. The third kappa shape index (κ3) is 4.29. The second-order valence-electron chi connectivity index (χ2n) is 6.42. The van der Waals surface area contributed by atoms with Crippen LogP contribution in [0.25, 0.3) is 5.65 Å². The van der Waals surface area contributed by atoms with E-state index in [4.69, 9.17) is 0 Å². The molecular formula is C19H20F3N5O. The number of rotatable bonds is 7. The zero-order chi connectivity index (χ0) is 20.3. The highest BCUT2D eigenvalue weighted by molar-refractivity contribution is 5.96. The van der Waals surface area contributed by atoms with E-state index in [9.17, 15) is 18.0 Å². The van der Waals surface area contributed by atoms with Crippen LogP contribution in [0, 0.1) is 0 Å². The Hall–Kier alpha value is -2.97. The number of ketones is 1. The molecule has 3 rings (SSSR count). The van der Waals surface area contributed by atoms with Crippen molar-refractivity contribution in [1.29, 1.82) is 0 Å². The molecule has 9 heteroatoms. The van der Waals surface area contributed by atoms with Gasteiger partial charge in [0.25, 0.3) is 0 Å². The average molecular weight is 391 g/mol. The monoisotopic (exact) mass is 391 g/mol. The first kappa shape index (κ1) is 19.8. The van der Waals surface area contributed by atoms with Gasteiger partial charge in [0.1, 0.15) is 5.82 Å². The molecule has 0 aromatic carbocycles. The van der Waals surface area contributed by atoms with Crippen LogP contribution >= 0.6 is 0 Å². The van der Waals surface area contributed by atoms with E-state index in [-0.39, 0.29) is 35.5 Å². The van der Waals surface area contributed by atoms with Gasteiger partial charge in [-0.2, -0.15) is 17.7 Å². The summed E-state index contributed by atoms with van der Waals surface area (Å²) in [6, 6.07) is 5.21. The van der Waals surface area contributed by atoms with Gasteiger partial charge < -0.3 is 5.32 Å². The highest BCUT2D eigenvalue weighted by Gasteiger charge is 2.32. The van der Waals surface area contributed by atoms with Crippen LogP contribution in [-0.4, -0.2) is 31.4 Å². The molecule has 0 aliphatic rings. The summed E-state index contributed by atoms with van der Waals surface area (Å²) in [5.41, 5.74) is -0.379. The van der Waals surface area contributed by atoms with Crippen molar-refractivity contribution >= 4 is 17.2 Å². The lowest BCUT2D eigenvalue weighted by Gasteiger charge is -2.18. The summed E-state index contributed by atoms with van der Waals surface area (Å²) in [4.78, 5) is 20.4. The third-order valence-corrected chi connectivity index (χ3v) is 4.45. The summed E-state index contributed by atoms with van der Waals surface area (Å²) in [5.74, 6) is 0.0985. The minimum Gasteiger partial charge on any atom is -0.367 e. The van der Waals surface area contributed by atoms with Crippen LogP contribution in [0.2, 0.25) is 0 Å². The number of hydrogen-bond donors (Lipinski definition) is 1. The molecule has 0 atom stereocenters. The SMILES string of the molecule is CCC(CC)Nc1cc(C(F)(F)F)cc2nc(CC(=O)c3cccnc3)nn12. The molecule has 0 unspecified atom stereocenters. The van der Waals surface area contributed by atoms with Crippen molar-refractivity contribution in [3.63, 3.8) is 0 Å². The number of carbonyl (C=O) groups is 1. The fourth-order valence-corrected chi connectivity index (χ4v) is 2.85. The largest absolute Gasteiger partial charge is 0.416 e. The first-order chi connectivity index (χ1) is 13.3. The van der Waals surface area contributed by atoms with Gasteiger partial charge in [0.2, 0.25) is 0 Å². The van der Waals surface area contributed by atoms with Gasteiger partial charge in [0.15, 0.2) is 17.3 Å². The maximum Gasteiger partial charge on any atom is 0.416 e. The number of hydrogen-bond acceptors (Lipinski definition) is 5. The predicted molar refractivity (Wildman–Crippen MR) is 98.3 cm³/mol. The molecule has 0 amide bonds. The summed E-state index contributed by atoms with van der Waals surface area (Å²) in [5, 5.41) is 7.36. The molecule has 3 aromatic heterocycles. The minimum atomic E-state index is -4.51. The van der Waals surface area contributed by atoms with E-state index in [0.717, 1.165) is 25.0 Å². The van der Waals surface area contributed by atoms with E-state index in [0.29, 0.717) is 5.56 Å². The number of carbonyl (C=O) groups excluding carboxylic acids is 1. The number of pyridine rings is 2. The van der Waals surface area contributed by atoms with E-state index >= 15 is 0 Å². The lowest BCUT2D eigenvalue weighted by Crippen LogP contribution is -2.20. The number of nitrogens with zero attached hydrogens (tertiary/aromatic N) is 4. The second-order valence-corrected chi connectivity index (χ2v) is 6.42. The van der Waals surface area contributed by atoms with E-state index < -0.39 is 11.7 Å². The number of Topliss-reactive ketones (excluding diaryl/α,β-unsaturated/α-hetero) is 1. The quantitative estimate of drug-likeness (QED) is 0.612. The molecule has 0 bridgehead atoms. The molecule has 0 aliphatic carbocycles. The Balaban J connectivity index is 1.99. The van der Waals surface area contributed by atoms with Crippen LogP contribution in [0.1, 0.15) is 48.4 Å². The third-order valence-electron chi connectivity index (χ3n) is 4.45. The van der Waals surface area contributed by atoms with Crippen molar-refractivity contribution in [2.75, 3.05) is 5.32 Å². The molecule has 0 saturated carbocycles. The Bertz CT molecular complexity index is 965. The summed E-state index contributed by atoms with van der Waals surface area (Å²) in [7, 11) is 0. The number of anilines is 1. The van der Waals surface area contributed by atoms with Crippen LogP contribution in [0.3, 0.4) is 0 Å². The maximum absolute atomic E-state index is 13.3. The van der Waals surface area contributed by atoms with Crippen molar-refractivity contribution in [2.45, 2.75) is 45.3 Å². The topological polar surface area (TPSA) is 72.2 Å². The van der Waals surface area contributed by atoms with Crippen molar-refractivity contribution in [2.24, 2.45) is 0 Å². The minimum absolute atomic E-state index is 0.00337. The molecule has 3 heterocycles. The Labute approximate surface area is 159 Å². The maximum atomic E-state index is 13.3. The Morgan fingerprint density at radius 1 is 1.25 bits per heavy atom. The Morgan fingerprint density at radius 3 is 2.61 bits per heavy atom. The smallest absolute Gasteiger partial charge is 0.367 e. The molecule has 6 nitrogen and oxygen atoms in total. The molecule has 0 saturated heterocycles. The number of aromatic nitrogens is 4. The van der Waals surface area contributed by atoms with Crippen molar-refractivity contribution < 1.29 is 18.0 Å². The van der Waals surface area contributed by atoms with Crippen LogP contribution in [0.15, 0.2) is 36.7 Å². The molecule has 28 heavy (non-hydrogen) atoms. The van der Waals surface area contributed by atoms with E-state index in [2.05, 4.69) is 20.4 Å². The van der Waals surface area contributed by atoms with Gasteiger partial charge in [0, 0.05) is 24.0 Å². The first-order valence-corrected chi connectivity index (χ1v) is 8.98. The summed E-state index contributed by atoms with van der Waals surface area (Å²) < 4.78 is 41.2. The lowest BCUT2D eigenvalue weighted by molar-refractivity contribution is -0.137. The number of nitrogens with one attached hydrogen (secondary N) is 1. The number of fused-ring (bicyclic) bond motifs is 1. The molecular weight excluding hydrogens is 371 g/mol. The molecule has 1 N–H and O–H groups in total.